The van der Waals surface area contributed by atoms with Crippen LogP contribution in [0.2, 0.25) is 0 Å². The van der Waals surface area contributed by atoms with Crippen molar-refractivity contribution in [2.24, 2.45) is 0 Å². The minimum absolute atomic E-state index is 0.0914. The number of amides is 2. The average Bonchev–Trinajstić information content (AvgIpc) is 2.80. The predicted octanol–water partition coefficient (Wildman–Crippen LogP) is 5.37. The molecule has 4 aromatic carbocycles. The van der Waals surface area contributed by atoms with Crippen molar-refractivity contribution in [1.29, 1.82) is 0 Å². The van der Waals surface area contributed by atoms with Crippen molar-refractivity contribution in [1.82, 2.24) is 0 Å². The number of nitrogens with zero attached hydrogens (tertiary/aromatic N) is 1. The second-order valence-corrected chi connectivity index (χ2v) is 10.2. The first-order valence-corrected chi connectivity index (χ1v) is 12.3. The van der Waals surface area contributed by atoms with Gasteiger partial charge in [-0.05, 0) is 73.7 Å². The molecule has 2 amide bonds. The monoisotopic (exact) mass is 470 g/mol. The first-order chi connectivity index (χ1) is 16.2. The van der Waals surface area contributed by atoms with Crippen LogP contribution in [0.25, 0.3) is 10.8 Å². The van der Waals surface area contributed by atoms with E-state index in [-0.39, 0.29) is 16.3 Å². The molecule has 0 atom stereocenters. The van der Waals surface area contributed by atoms with Gasteiger partial charge in [0.25, 0.3) is 21.8 Å². The van der Waals surface area contributed by atoms with E-state index in [1.54, 1.807) is 48.5 Å². The molecule has 0 aromatic heterocycles. The van der Waals surface area contributed by atoms with Gasteiger partial charge in [0, 0.05) is 16.5 Å². The Bertz CT molecular complexity index is 1560. The number of aryl methyl sites for hydroxylation is 3. The molecule has 0 bridgehead atoms. The van der Waals surface area contributed by atoms with Gasteiger partial charge in [-0.2, -0.15) is 0 Å². The fourth-order valence-corrected chi connectivity index (χ4v) is 5.30. The van der Waals surface area contributed by atoms with Crippen LogP contribution >= 0.6 is 0 Å². The highest BCUT2D eigenvalue weighted by Crippen LogP contribution is 2.38. The fraction of sp³-hybridized carbons (Fsp3) is 0.111. The van der Waals surface area contributed by atoms with E-state index in [0.717, 1.165) is 27.0 Å². The Balaban J connectivity index is 1.66. The number of benzene rings is 4. The summed E-state index contributed by atoms with van der Waals surface area (Å²) in [5, 5.41) is 1.42. The molecule has 170 valence electrons. The van der Waals surface area contributed by atoms with Crippen LogP contribution in [-0.2, 0) is 10.0 Å². The molecule has 0 saturated heterocycles. The van der Waals surface area contributed by atoms with Crippen molar-refractivity contribution in [3.63, 3.8) is 0 Å². The van der Waals surface area contributed by atoms with Gasteiger partial charge in [-0.1, -0.05) is 42.0 Å². The highest BCUT2D eigenvalue weighted by molar-refractivity contribution is 7.92. The zero-order valence-corrected chi connectivity index (χ0v) is 19.7. The molecule has 1 heterocycles. The molecular weight excluding hydrogens is 448 g/mol. The Labute approximate surface area is 197 Å². The standard InChI is InChI=1S/C27H22N2O4S/c1-16-10-12-20(13-11-16)34(32,33)28-23-14-17(2)18(3)15-24(23)29-26(30)21-8-4-6-19-7-5-9-22(25(19)21)27(29)31/h4-15,28H,1-3H3. The number of anilines is 2. The first kappa shape index (κ1) is 21.9. The molecule has 0 unspecified atom stereocenters. The quantitative estimate of drug-likeness (QED) is 0.407. The summed E-state index contributed by atoms with van der Waals surface area (Å²) in [5.74, 6) is -0.985. The van der Waals surface area contributed by atoms with Crippen molar-refractivity contribution in [3.05, 3.63) is 101 Å². The van der Waals surface area contributed by atoms with Gasteiger partial charge in [0.2, 0.25) is 0 Å². The lowest BCUT2D eigenvalue weighted by Gasteiger charge is -2.29. The third-order valence-corrected chi connectivity index (χ3v) is 7.58. The lowest BCUT2D eigenvalue weighted by atomic mass is 9.93. The number of hydrogen-bond acceptors (Lipinski definition) is 4. The van der Waals surface area contributed by atoms with Crippen LogP contribution in [0.15, 0.2) is 77.7 Å². The summed E-state index contributed by atoms with van der Waals surface area (Å²) < 4.78 is 28.9. The molecule has 0 fully saturated rings. The summed E-state index contributed by atoms with van der Waals surface area (Å²) in [7, 11) is -3.96. The van der Waals surface area contributed by atoms with E-state index in [9.17, 15) is 18.0 Å². The van der Waals surface area contributed by atoms with E-state index in [0.29, 0.717) is 16.5 Å². The zero-order chi connectivity index (χ0) is 24.2. The Hall–Kier alpha value is -3.97. The van der Waals surface area contributed by atoms with Gasteiger partial charge in [0.05, 0.1) is 16.3 Å². The fourth-order valence-electron chi connectivity index (χ4n) is 4.24. The van der Waals surface area contributed by atoms with Crippen LogP contribution in [0.3, 0.4) is 0 Å². The van der Waals surface area contributed by atoms with Gasteiger partial charge in [0.15, 0.2) is 0 Å². The minimum atomic E-state index is -3.96. The lowest BCUT2D eigenvalue weighted by Crippen LogP contribution is -2.41. The second-order valence-electron chi connectivity index (χ2n) is 8.53. The maximum absolute atomic E-state index is 13.6. The summed E-state index contributed by atoms with van der Waals surface area (Å²) in [6.45, 7) is 5.57. The summed E-state index contributed by atoms with van der Waals surface area (Å²) in [5.41, 5.74) is 3.74. The largest absolute Gasteiger partial charge is 0.277 e. The summed E-state index contributed by atoms with van der Waals surface area (Å²) >= 11 is 0. The van der Waals surface area contributed by atoms with Gasteiger partial charge in [0.1, 0.15) is 0 Å². The molecular formula is C27H22N2O4S. The van der Waals surface area contributed by atoms with Crippen molar-refractivity contribution >= 4 is 44.0 Å². The Morgan fingerprint density at radius 1 is 0.735 bits per heavy atom. The molecule has 34 heavy (non-hydrogen) atoms. The molecule has 5 rings (SSSR count). The van der Waals surface area contributed by atoms with E-state index in [2.05, 4.69) is 4.72 Å². The van der Waals surface area contributed by atoms with E-state index >= 15 is 0 Å². The molecule has 1 aliphatic heterocycles. The van der Waals surface area contributed by atoms with Crippen LogP contribution in [-0.4, -0.2) is 20.2 Å². The molecule has 1 aliphatic rings. The normalized spacial score (nSPS) is 13.4. The van der Waals surface area contributed by atoms with E-state index in [1.165, 1.54) is 12.1 Å². The molecule has 0 spiro atoms. The molecule has 0 aliphatic carbocycles. The topological polar surface area (TPSA) is 83.6 Å². The molecule has 6 nitrogen and oxygen atoms in total. The van der Waals surface area contributed by atoms with Crippen molar-refractivity contribution in [3.8, 4) is 0 Å². The van der Waals surface area contributed by atoms with Gasteiger partial charge >= 0.3 is 0 Å². The maximum atomic E-state index is 13.6. The van der Waals surface area contributed by atoms with Gasteiger partial charge < -0.3 is 0 Å². The number of sulfonamides is 1. The van der Waals surface area contributed by atoms with Gasteiger partial charge in [-0.15, -0.1) is 0 Å². The zero-order valence-electron chi connectivity index (χ0n) is 18.9. The van der Waals surface area contributed by atoms with Crippen LogP contribution in [0, 0.1) is 20.8 Å². The summed E-state index contributed by atoms with van der Waals surface area (Å²) in [6, 6.07) is 20.4. The lowest BCUT2D eigenvalue weighted by molar-refractivity contribution is 0.0893. The van der Waals surface area contributed by atoms with Crippen LogP contribution < -0.4 is 9.62 Å². The summed E-state index contributed by atoms with van der Waals surface area (Å²) in [4.78, 5) is 28.3. The smallest absolute Gasteiger partial charge is 0.266 e. The van der Waals surface area contributed by atoms with Crippen molar-refractivity contribution in [2.75, 3.05) is 9.62 Å². The van der Waals surface area contributed by atoms with E-state index in [4.69, 9.17) is 0 Å². The number of hydrogen-bond donors (Lipinski definition) is 1. The van der Waals surface area contributed by atoms with Crippen LogP contribution in [0.1, 0.15) is 37.4 Å². The SMILES string of the molecule is Cc1ccc(S(=O)(=O)Nc2cc(C)c(C)cc2N2C(=O)c3cccc4cccc(c34)C2=O)cc1. The number of carbonyl (C=O) groups excluding carboxylic acids is 2. The molecule has 1 N–H and O–H groups in total. The highest BCUT2D eigenvalue weighted by atomic mass is 32.2. The number of nitrogens with one attached hydrogen (secondary N) is 1. The van der Waals surface area contributed by atoms with Gasteiger partial charge in [-0.25, -0.2) is 13.3 Å². The number of carbonyl (C=O) groups is 2. The van der Waals surface area contributed by atoms with E-state index < -0.39 is 21.8 Å². The molecule has 0 saturated carbocycles. The molecule has 7 heteroatoms. The molecule has 0 radical (unpaired) electrons. The first-order valence-electron chi connectivity index (χ1n) is 10.8. The van der Waals surface area contributed by atoms with E-state index in [1.807, 2.05) is 32.9 Å². The third kappa shape index (κ3) is 3.45. The Morgan fingerprint density at radius 2 is 1.29 bits per heavy atom. The van der Waals surface area contributed by atoms with Gasteiger partial charge in [-0.3, -0.25) is 14.3 Å². The van der Waals surface area contributed by atoms with Crippen LogP contribution in [0.5, 0.6) is 0 Å². The van der Waals surface area contributed by atoms with Crippen molar-refractivity contribution in [2.45, 2.75) is 25.7 Å². The second kappa shape index (κ2) is 7.81. The summed E-state index contributed by atoms with van der Waals surface area (Å²) in [6.07, 6.45) is 0. The maximum Gasteiger partial charge on any atom is 0.266 e. The number of rotatable bonds is 4. The Morgan fingerprint density at radius 3 is 1.88 bits per heavy atom. The number of imide groups is 1. The predicted molar refractivity (Wildman–Crippen MR) is 133 cm³/mol. The highest BCUT2D eigenvalue weighted by Gasteiger charge is 2.35. The van der Waals surface area contributed by atoms with Crippen LogP contribution in [0.4, 0.5) is 11.4 Å². The average molecular weight is 471 g/mol. The molecule has 4 aromatic rings. The minimum Gasteiger partial charge on any atom is -0.277 e. The Kier molecular flexibility index (Phi) is 5.02. The van der Waals surface area contributed by atoms with Crippen molar-refractivity contribution < 1.29 is 18.0 Å². The third-order valence-electron chi connectivity index (χ3n) is 6.20.